The summed E-state index contributed by atoms with van der Waals surface area (Å²) in [5.41, 5.74) is 0. The number of carbonyl (C=O) groups is 1. The smallest absolute Gasteiger partial charge is 0.139 e. The fourth-order valence-electron chi connectivity index (χ4n) is 1.28. The van der Waals surface area contributed by atoms with Crippen LogP contribution in [0.2, 0.25) is 0 Å². The highest BCUT2D eigenvalue weighted by Crippen LogP contribution is 2.05. The zero-order valence-corrected chi connectivity index (χ0v) is 10.2. The Hall–Kier alpha value is -0.850. The highest BCUT2D eigenvalue weighted by atomic mass is 16.1. The van der Waals surface area contributed by atoms with Gasteiger partial charge in [0.25, 0.3) is 0 Å². The summed E-state index contributed by atoms with van der Waals surface area (Å²) in [4.78, 5) is 11.3. The first kappa shape index (κ1) is 14.2. The Bertz CT molecular complexity index is 201. The van der Waals surface area contributed by atoms with Gasteiger partial charge in [-0.2, -0.15) is 0 Å². The first-order chi connectivity index (χ1) is 7.18. The minimum atomic E-state index is 0.169. The number of unbranched alkanes of at least 4 members (excludes halogenated alkanes) is 4. The molecule has 0 aromatic heterocycles. The van der Waals surface area contributed by atoms with E-state index < -0.39 is 0 Å². The van der Waals surface area contributed by atoms with Crippen molar-refractivity contribution in [2.24, 2.45) is 5.92 Å². The summed E-state index contributed by atoms with van der Waals surface area (Å²) in [5, 5.41) is 0. The van der Waals surface area contributed by atoms with Crippen molar-refractivity contribution in [3.8, 4) is 0 Å². The van der Waals surface area contributed by atoms with E-state index in [1.165, 1.54) is 19.3 Å². The van der Waals surface area contributed by atoms with Crippen molar-refractivity contribution in [3.05, 3.63) is 24.8 Å². The normalized spacial score (nSPS) is 11.1. The van der Waals surface area contributed by atoms with Crippen molar-refractivity contribution in [1.29, 1.82) is 0 Å². The molecule has 0 N–H and O–H groups in total. The quantitative estimate of drug-likeness (QED) is 0.408. The number of hydrogen-bond acceptors (Lipinski definition) is 1. The topological polar surface area (TPSA) is 17.1 Å². The lowest BCUT2D eigenvalue weighted by Gasteiger charge is -1.99. The van der Waals surface area contributed by atoms with Crippen molar-refractivity contribution >= 4 is 5.78 Å². The minimum Gasteiger partial charge on any atom is -0.299 e. The maximum absolute atomic E-state index is 11.3. The van der Waals surface area contributed by atoms with Crippen molar-refractivity contribution < 1.29 is 4.79 Å². The average Bonchev–Trinajstić information content (AvgIpc) is 2.21. The van der Waals surface area contributed by atoms with Gasteiger partial charge in [-0.25, -0.2) is 0 Å². The predicted octanol–water partition coefficient (Wildman–Crippen LogP) is 4.29. The molecule has 0 aliphatic heterocycles. The SMILES string of the molecule is C=CCCCCCC=CCC(=O)C(C)C. The van der Waals surface area contributed by atoms with Crippen molar-refractivity contribution in [2.45, 2.75) is 52.4 Å². The molecule has 86 valence electrons. The second-order valence-corrected chi connectivity index (χ2v) is 4.22. The van der Waals surface area contributed by atoms with Crippen LogP contribution in [-0.2, 0) is 4.79 Å². The summed E-state index contributed by atoms with van der Waals surface area (Å²) in [6, 6.07) is 0. The Balaban J connectivity index is 3.31. The number of allylic oxidation sites excluding steroid dienone is 3. The molecule has 0 heterocycles. The molecule has 0 aliphatic rings. The van der Waals surface area contributed by atoms with Gasteiger partial charge in [-0.3, -0.25) is 4.79 Å². The Kier molecular flexibility index (Phi) is 9.15. The minimum absolute atomic E-state index is 0.169. The maximum Gasteiger partial charge on any atom is 0.139 e. The van der Waals surface area contributed by atoms with E-state index >= 15 is 0 Å². The summed E-state index contributed by atoms with van der Waals surface area (Å²) < 4.78 is 0. The van der Waals surface area contributed by atoms with Crippen molar-refractivity contribution in [1.82, 2.24) is 0 Å². The molecule has 0 aromatic rings. The Morgan fingerprint density at radius 3 is 2.40 bits per heavy atom. The maximum atomic E-state index is 11.3. The number of hydrogen-bond donors (Lipinski definition) is 0. The molecule has 0 aromatic carbocycles. The third-order valence-corrected chi connectivity index (χ3v) is 2.41. The molecule has 0 amide bonds. The van der Waals surface area contributed by atoms with Crippen LogP contribution in [0.3, 0.4) is 0 Å². The molecular formula is C14H24O. The van der Waals surface area contributed by atoms with Crippen LogP contribution in [0.5, 0.6) is 0 Å². The Labute approximate surface area is 94.3 Å². The van der Waals surface area contributed by atoms with Gasteiger partial charge in [0, 0.05) is 12.3 Å². The van der Waals surface area contributed by atoms with Crippen LogP contribution < -0.4 is 0 Å². The molecule has 15 heavy (non-hydrogen) atoms. The molecule has 1 nitrogen and oxygen atoms in total. The summed E-state index contributed by atoms with van der Waals surface area (Å²) in [7, 11) is 0. The number of carbonyl (C=O) groups excluding carboxylic acids is 1. The van der Waals surface area contributed by atoms with Crippen molar-refractivity contribution in [2.75, 3.05) is 0 Å². The van der Waals surface area contributed by atoms with E-state index in [9.17, 15) is 4.79 Å². The molecule has 0 spiro atoms. The average molecular weight is 208 g/mol. The highest BCUT2D eigenvalue weighted by molar-refractivity contribution is 5.81. The molecule has 0 aliphatic carbocycles. The third-order valence-electron chi connectivity index (χ3n) is 2.41. The zero-order valence-electron chi connectivity index (χ0n) is 10.2. The van der Waals surface area contributed by atoms with Gasteiger partial charge in [-0.1, -0.05) is 38.5 Å². The van der Waals surface area contributed by atoms with Crippen LogP contribution in [0, 0.1) is 5.92 Å². The van der Waals surface area contributed by atoms with Gasteiger partial charge < -0.3 is 0 Å². The van der Waals surface area contributed by atoms with Crippen LogP contribution in [0.25, 0.3) is 0 Å². The molecule has 1 heteroatoms. The second kappa shape index (κ2) is 9.70. The number of Topliss-reactive ketones (excluding diaryl/α,β-unsaturated/α-hetero) is 1. The van der Waals surface area contributed by atoms with E-state index in [0.717, 1.165) is 12.8 Å². The number of rotatable bonds is 9. The highest BCUT2D eigenvalue weighted by Gasteiger charge is 2.02. The molecule has 0 unspecified atom stereocenters. The first-order valence-corrected chi connectivity index (χ1v) is 5.97. The second-order valence-electron chi connectivity index (χ2n) is 4.22. The molecule has 0 rings (SSSR count). The van der Waals surface area contributed by atoms with Crippen LogP contribution in [0.1, 0.15) is 52.4 Å². The molecule has 0 radical (unpaired) electrons. The van der Waals surface area contributed by atoms with E-state index in [1.54, 1.807) is 0 Å². The van der Waals surface area contributed by atoms with Gasteiger partial charge in [-0.15, -0.1) is 6.58 Å². The lowest BCUT2D eigenvalue weighted by molar-refractivity contribution is -0.121. The van der Waals surface area contributed by atoms with Gasteiger partial charge >= 0.3 is 0 Å². The predicted molar refractivity (Wildman–Crippen MR) is 66.9 cm³/mol. The van der Waals surface area contributed by atoms with Crippen LogP contribution in [-0.4, -0.2) is 5.78 Å². The standard InChI is InChI=1S/C14H24O/c1-4-5-6-7-8-9-10-11-12-14(15)13(2)3/h4,10-11,13H,1,5-9,12H2,2-3H3. The first-order valence-electron chi connectivity index (χ1n) is 5.97. The molecule has 0 saturated carbocycles. The number of ketones is 1. The molecular weight excluding hydrogens is 184 g/mol. The van der Waals surface area contributed by atoms with E-state index in [4.69, 9.17) is 0 Å². The summed E-state index contributed by atoms with van der Waals surface area (Å²) in [6.07, 6.45) is 12.7. The monoisotopic (exact) mass is 208 g/mol. The third kappa shape index (κ3) is 9.45. The molecule has 0 fully saturated rings. The lowest BCUT2D eigenvalue weighted by atomic mass is 10.1. The van der Waals surface area contributed by atoms with E-state index in [1.807, 2.05) is 26.0 Å². The largest absolute Gasteiger partial charge is 0.299 e. The van der Waals surface area contributed by atoms with Gasteiger partial charge in [0.05, 0.1) is 0 Å². The van der Waals surface area contributed by atoms with Crippen molar-refractivity contribution in [3.63, 3.8) is 0 Å². The van der Waals surface area contributed by atoms with Crippen LogP contribution >= 0.6 is 0 Å². The summed E-state index contributed by atoms with van der Waals surface area (Å²) in [6.45, 7) is 7.59. The molecule has 0 atom stereocenters. The van der Waals surface area contributed by atoms with Crippen LogP contribution in [0.15, 0.2) is 24.8 Å². The lowest BCUT2D eigenvalue weighted by Crippen LogP contribution is -2.04. The Morgan fingerprint density at radius 1 is 1.13 bits per heavy atom. The van der Waals surface area contributed by atoms with E-state index in [2.05, 4.69) is 12.7 Å². The van der Waals surface area contributed by atoms with E-state index in [-0.39, 0.29) is 5.92 Å². The molecule has 0 bridgehead atoms. The molecule has 0 saturated heterocycles. The zero-order chi connectivity index (χ0) is 11.5. The van der Waals surface area contributed by atoms with Crippen LogP contribution in [0.4, 0.5) is 0 Å². The van der Waals surface area contributed by atoms with Gasteiger partial charge in [-0.05, 0) is 25.7 Å². The fraction of sp³-hybridized carbons (Fsp3) is 0.643. The summed E-state index contributed by atoms with van der Waals surface area (Å²) in [5.74, 6) is 0.500. The fourth-order valence-corrected chi connectivity index (χ4v) is 1.28. The van der Waals surface area contributed by atoms with Gasteiger partial charge in [0.1, 0.15) is 5.78 Å². The Morgan fingerprint density at radius 2 is 1.80 bits per heavy atom. The van der Waals surface area contributed by atoms with Gasteiger partial charge in [0.15, 0.2) is 0 Å². The summed E-state index contributed by atoms with van der Waals surface area (Å²) >= 11 is 0. The van der Waals surface area contributed by atoms with E-state index in [0.29, 0.717) is 12.2 Å². The van der Waals surface area contributed by atoms with Gasteiger partial charge in [0.2, 0.25) is 0 Å².